The van der Waals surface area contributed by atoms with Gasteiger partial charge in [-0.3, -0.25) is 4.79 Å². The van der Waals surface area contributed by atoms with Crippen molar-refractivity contribution >= 4 is 11.4 Å². The minimum Gasteiger partial charge on any atom is -0.368 e. The summed E-state index contributed by atoms with van der Waals surface area (Å²) in [6.45, 7) is 3.79. The summed E-state index contributed by atoms with van der Waals surface area (Å²) in [6, 6.07) is 7.97. The SMILES string of the molecule is C=C=C1CC2c3ccccc3C3=C(C(OC)(OC)C3=O)C12OC. The van der Waals surface area contributed by atoms with E-state index in [1.54, 1.807) is 7.11 Å². The molecule has 1 aromatic rings. The van der Waals surface area contributed by atoms with Gasteiger partial charge in [0.25, 0.3) is 5.79 Å². The predicted molar refractivity (Wildman–Crippen MR) is 84.9 cm³/mol. The monoisotopic (exact) mass is 310 g/mol. The van der Waals surface area contributed by atoms with Crippen LogP contribution in [0, 0.1) is 0 Å². The molecule has 0 aromatic heterocycles. The van der Waals surface area contributed by atoms with Gasteiger partial charge in [-0.1, -0.05) is 30.8 Å². The van der Waals surface area contributed by atoms with E-state index in [0.717, 1.165) is 28.7 Å². The zero-order valence-corrected chi connectivity index (χ0v) is 13.4. The van der Waals surface area contributed by atoms with Gasteiger partial charge in [-0.05, 0) is 17.5 Å². The Morgan fingerprint density at radius 3 is 2.48 bits per heavy atom. The van der Waals surface area contributed by atoms with Gasteiger partial charge >= 0.3 is 0 Å². The maximum atomic E-state index is 12.9. The standard InChI is InChI=1S/C19H18O4/c1-5-11-10-14-12-8-6-7-9-13(12)15-16(18(11,14)21-2)19(22-3,23-4)17(15)20/h6-9,14H,1,10H2,2-4H3. The molecule has 23 heavy (non-hydrogen) atoms. The van der Waals surface area contributed by atoms with E-state index in [1.165, 1.54) is 14.2 Å². The van der Waals surface area contributed by atoms with Crippen LogP contribution in [-0.4, -0.2) is 38.5 Å². The minimum atomic E-state index is -1.38. The molecule has 0 radical (unpaired) electrons. The minimum absolute atomic E-state index is 0.115. The van der Waals surface area contributed by atoms with Crippen molar-refractivity contribution in [3.8, 4) is 0 Å². The van der Waals surface area contributed by atoms with E-state index in [0.29, 0.717) is 5.57 Å². The van der Waals surface area contributed by atoms with Crippen molar-refractivity contribution in [2.24, 2.45) is 0 Å². The number of hydrogen-bond acceptors (Lipinski definition) is 4. The van der Waals surface area contributed by atoms with Gasteiger partial charge in [-0.2, -0.15) is 0 Å². The van der Waals surface area contributed by atoms with E-state index in [1.807, 2.05) is 18.2 Å². The lowest BCUT2D eigenvalue weighted by atomic mass is 9.49. The number of hydrogen-bond donors (Lipinski definition) is 0. The average Bonchev–Trinajstić information content (AvgIpc) is 2.57. The van der Waals surface area contributed by atoms with Gasteiger partial charge in [0, 0.05) is 44.0 Å². The van der Waals surface area contributed by atoms with Crippen LogP contribution in [0.4, 0.5) is 0 Å². The highest BCUT2D eigenvalue weighted by Gasteiger charge is 2.72. The lowest BCUT2D eigenvalue weighted by Gasteiger charge is -2.61. The second kappa shape index (κ2) is 4.53. The summed E-state index contributed by atoms with van der Waals surface area (Å²) in [7, 11) is 4.63. The van der Waals surface area contributed by atoms with E-state index in [-0.39, 0.29) is 11.7 Å². The Hall–Kier alpha value is -1.97. The largest absolute Gasteiger partial charge is 0.368 e. The third-order valence-corrected chi connectivity index (χ3v) is 5.54. The van der Waals surface area contributed by atoms with E-state index in [4.69, 9.17) is 14.2 Å². The first-order chi connectivity index (χ1) is 11.1. The van der Waals surface area contributed by atoms with Gasteiger partial charge in [0.2, 0.25) is 5.78 Å². The van der Waals surface area contributed by atoms with Gasteiger partial charge in [-0.15, -0.1) is 5.73 Å². The molecule has 118 valence electrons. The number of methoxy groups -OCH3 is 3. The lowest BCUT2D eigenvalue weighted by Crippen LogP contribution is -2.67. The molecule has 0 bridgehead atoms. The summed E-state index contributed by atoms with van der Waals surface area (Å²) < 4.78 is 17.0. The molecule has 1 fully saturated rings. The molecule has 3 aliphatic carbocycles. The second-order valence-corrected chi connectivity index (χ2v) is 6.04. The Labute approximate surface area is 135 Å². The smallest absolute Gasteiger partial charge is 0.260 e. The van der Waals surface area contributed by atoms with Crippen LogP contribution in [0.5, 0.6) is 0 Å². The zero-order valence-electron chi connectivity index (χ0n) is 13.4. The van der Waals surface area contributed by atoms with Crippen LogP contribution in [0.1, 0.15) is 23.5 Å². The van der Waals surface area contributed by atoms with Crippen molar-refractivity contribution < 1.29 is 19.0 Å². The number of carbonyl (C=O) groups is 1. The topological polar surface area (TPSA) is 44.8 Å². The van der Waals surface area contributed by atoms with Crippen molar-refractivity contribution in [2.75, 3.05) is 21.3 Å². The van der Waals surface area contributed by atoms with E-state index in [9.17, 15) is 4.79 Å². The zero-order chi connectivity index (χ0) is 16.4. The highest BCUT2D eigenvalue weighted by atomic mass is 16.7. The summed E-state index contributed by atoms with van der Waals surface area (Å²) in [6.07, 6.45) is 0.808. The second-order valence-electron chi connectivity index (χ2n) is 6.04. The van der Waals surface area contributed by atoms with Crippen LogP contribution in [0.15, 0.2) is 47.7 Å². The maximum Gasteiger partial charge on any atom is 0.260 e. The molecule has 0 amide bonds. The fourth-order valence-electron chi connectivity index (χ4n) is 4.49. The fourth-order valence-corrected chi connectivity index (χ4v) is 4.49. The highest BCUT2D eigenvalue weighted by molar-refractivity contribution is 6.35. The first kappa shape index (κ1) is 14.6. The van der Waals surface area contributed by atoms with Gasteiger partial charge in [0.05, 0.1) is 0 Å². The Morgan fingerprint density at radius 1 is 1.17 bits per heavy atom. The van der Waals surface area contributed by atoms with Crippen molar-refractivity contribution in [3.63, 3.8) is 0 Å². The van der Waals surface area contributed by atoms with Crippen molar-refractivity contribution in [1.29, 1.82) is 0 Å². The fraction of sp³-hybridized carbons (Fsp3) is 0.368. The van der Waals surface area contributed by atoms with Crippen LogP contribution >= 0.6 is 0 Å². The molecular weight excluding hydrogens is 292 g/mol. The molecule has 2 atom stereocenters. The Bertz CT molecular complexity index is 808. The Morgan fingerprint density at radius 2 is 1.87 bits per heavy atom. The quantitative estimate of drug-likeness (QED) is 0.636. The third kappa shape index (κ3) is 1.33. The van der Waals surface area contributed by atoms with Crippen molar-refractivity contribution in [2.45, 2.75) is 23.7 Å². The molecule has 0 spiro atoms. The number of fused-ring (bicyclic) bond motifs is 5. The van der Waals surface area contributed by atoms with Gasteiger partial charge in [0.1, 0.15) is 5.60 Å². The molecule has 0 heterocycles. The number of Topliss-reactive ketones (excluding diaryl/α,β-unsaturated/α-hetero) is 1. The molecule has 0 saturated heterocycles. The summed E-state index contributed by atoms with van der Waals surface area (Å²) in [5.41, 5.74) is 6.68. The normalized spacial score (nSPS) is 29.8. The van der Waals surface area contributed by atoms with E-state index >= 15 is 0 Å². The molecular formula is C19H18O4. The molecule has 1 aromatic carbocycles. The summed E-state index contributed by atoms with van der Waals surface area (Å²) >= 11 is 0. The molecule has 3 aliphatic rings. The highest BCUT2D eigenvalue weighted by Crippen LogP contribution is 2.67. The maximum absolute atomic E-state index is 12.9. The Balaban J connectivity index is 2.09. The molecule has 4 nitrogen and oxygen atoms in total. The number of ether oxygens (including phenoxy) is 3. The number of ketones is 1. The van der Waals surface area contributed by atoms with E-state index < -0.39 is 11.4 Å². The number of rotatable bonds is 3. The van der Waals surface area contributed by atoms with Crippen molar-refractivity contribution in [1.82, 2.24) is 0 Å². The first-order valence-electron chi connectivity index (χ1n) is 7.56. The summed E-state index contributed by atoms with van der Waals surface area (Å²) in [5.74, 6) is -1.42. The number of carbonyl (C=O) groups excluding carboxylic acids is 1. The van der Waals surface area contributed by atoms with Gasteiger partial charge in [0.15, 0.2) is 0 Å². The molecule has 2 unspecified atom stereocenters. The van der Waals surface area contributed by atoms with Crippen LogP contribution in [0.2, 0.25) is 0 Å². The average molecular weight is 310 g/mol. The van der Waals surface area contributed by atoms with Crippen LogP contribution in [0.3, 0.4) is 0 Å². The van der Waals surface area contributed by atoms with Gasteiger partial charge in [-0.25, -0.2) is 0 Å². The third-order valence-electron chi connectivity index (χ3n) is 5.54. The van der Waals surface area contributed by atoms with Gasteiger partial charge < -0.3 is 14.2 Å². The predicted octanol–water partition coefficient (Wildman–Crippen LogP) is 2.61. The molecule has 1 saturated carbocycles. The van der Waals surface area contributed by atoms with Crippen molar-refractivity contribution in [3.05, 3.63) is 58.8 Å². The molecule has 4 heteroatoms. The molecule has 4 rings (SSSR count). The first-order valence-corrected chi connectivity index (χ1v) is 7.56. The summed E-state index contributed by atoms with van der Waals surface area (Å²) in [5, 5.41) is 0. The Kier molecular flexibility index (Phi) is 2.88. The molecule has 0 N–H and O–H groups in total. The lowest BCUT2D eigenvalue weighted by molar-refractivity contribution is -0.206. The summed E-state index contributed by atoms with van der Waals surface area (Å²) in [4.78, 5) is 12.9. The van der Waals surface area contributed by atoms with Crippen LogP contribution in [0.25, 0.3) is 5.57 Å². The van der Waals surface area contributed by atoms with Crippen LogP contribution < -0.4 is 0 Å². The molecule has 0 aliphatic heterocycles. The number of benzene rings is 1. The van der Waals surface area contributed by atoms with Crippen LogP contribution in [-0.2, 0) is 19.0 Å². The van der Waals surface area contributed by atoms with E-state index in [2.05, 4.69) is 18.4 Å².